The molecule has 92 valence electrons. The monoisotopic (exact) mass is 256 g/mol. The van der Waals surface area contributed by atoms with Crippen LogP contribution < -0.4 is 4.72 Å². The number of nitriles is 1. The maximum absolute atomic E-state index is 12.0. The molecule has 0 saturated heterocycles. The number of hydrogen-bond donors (Lipinski definition) is 1. The van der Waals surface area contributed by atoms with Gasteiger partial charge in [-0.1, -0.05) is 0 Å². The lowest BCUT2D eigenvalue weighted by molar-refractivity contribution is 0.167. The van der Waals surface area contributed by atoms with Crippen LogP contribution in [-0.2, 0) is 14.8 Å². The van der Waals surface area contributed by atoms with E-state index in [2.05, 4.69) is 4.72 Å². The van der Waals surface area contributed by atoms with Gasteiger partial charge in [-0.25, -0.2) is 13.1 Å². The second-order valence-corrected chi connectivity index (χ2v) is 5.70. The molecule has 1 aromatic rings. The van der Waals surface area contributed by atoms with Crippen LogP contribution in [0.1, 0.15) is 18.6 Å². The van der Waals surface area contributed by atoms with Gasteiger partial charge in [0.25, 0.3) is 0 Å². The number of rotatable bonds is 5. The largest absolute Gasteiger partial charge is 0.452 e. The maximum atomic E-state index is 12.0. The molecule has 1 aliphatic rings. The van der Waals surface area contributed by atoms with Crippen molar-refractivity contribution in [3.63, 3.8) is 0 Å². The van der Waals surface area contributed by atoms with Crippen LogP contribution in [0.3, 0.4) is 0 Å². The summed E-state index contributed by atoms with van der Waals surface area (Å²) in [5.41, 5.74) is -0.516. The van der Waals surface area contributed by atoms with E-state index in [1.165, 1.54) is 19.4 Å². The summed E-state index contributed by atoms with van der Waals surface area (Å²) in [6.07, 6.45) is 2.66. The quantitative estimate of drug-likeness (QED) is 0.833. The van der Waals surface area contributed by atoms with Crippen molar-refractivity contribution in [3.8, 4) is 6.07 Å². The maximum Gasteiger partial charge on any atom is 0.245 e. The van der Waals surface area contributed by atoms with E-state index < -0.39 is 15.6 Å². The minimum atomic E-state index is -3.72. The van der Waals surface area contributed by atoms with Gasteiger partial charge in [0.05, 0.1) is 18.4 Å². The van der Waals surface area contributed by atoms with Crippen LogP contribution in [-0.4, -0.2) is 27.7 Å². The van der Waals surface area contributed by atoms with Crippen molar-refractivity contribution in [3.05, 3.63) is 18.1 Å². The van der Waals surface area contributed by atoms with Crippen LogP contribution in [0, 0.1) is 11.3 Å². The summed E-state index contributed by atoms with van der Waals surface area (Å²) in [5, 5.41) is 8.73. The number of nitrogens with one attached hydrogen (secondary N) is 1. The molecule has 0 atom stereocenters. The summed E-state index contributed by atoms with van der Waals surface area (Å²) in [5.74, 6) is -0.203. The first-order valence-corrected chi connectivity index (χ1v) is 6.52. The Morgan fingerprint density at radius 1 is 1.65 bits per heavy atom. The molecule has 0 unspecified atom stereocenters. The highest BCUT2D eigenvalue weighted by Crippen LogP contribution is 2.37. The van der Waals surface area contributed by atoms with Crippen LogP contribution in [0.15, 0.2) is 21.6 Å². The molecule has 1 N–H and O–H groups in total. The normalized spacial score (nSPS) is 17.6. The van der Waals surface area contributed by atoms with Gasteiger partial charge in [-0.3, -0.25) is 0 Å². The number of nitrogens with zero attached hydrogens (tertiary/aromatic N) is 1. The molecule has 2 rings (SSSR count). The van der Waals surface area contributed by atoms with Crippen molar-refractivity contribution in [1.82, 2.24) is 4.72 Å². The summed E-state index contributed by atoms with van der Waals surface area (Å²) in [7, 11) is -2.20. The minimum absolute atomic E-state index is 0.123. The van der Waals surface area contributed by atoms with E-state index in [0.29, 0.717) is 6.61 Å². The molecule has 1 aromatic heterocycles. The number of furan rings is 1. The number of methoxy groups -OCH3 is 1. The van der Waals surface area contributed by atoms with Crippen molar-refractivity contribution in [2.75, 3.05) is 13.7 Å². The van der Waals surface area contributed by atoms with Gasteiger partial charge >= 0.3 is 0 Å². The third kappa shape index (κ3) is 2.34. The van der Waals surface area contributed by atoms with E-state index in [1.807, 2.05) is 0 Å². The third-order valence-corrected chi connectivity index (χ3v) is 4.25. The Bertz CT molecular complexity index is 551. The van der Waals surface area contributed by atoms with Gasteiger partial charge in [-0.2, -0.15) is 5.26 Å². The molecule has 1 heterocycles. The fraction of sp³-hybridized carbons (Fsp3) is 0.500. The molecule has 0 aromatic carbocycles. The smallest absolute Gasteiger partial charge is 0.245 e. The highest BCUT2D eigenvalue weighted by molar-refractivity contribution is 7.89. The van der Waals surface area contributed by atoms with Gasteiger partial charge in [-0.15, -0.1) is 0 Å². The Balaban J connectivity index is 2.24. The standard InChI is InChI=1S/C10H12N2O4S/c1-15-7-10(3-4-10)12-17(13,14)9-2-5-16-8(9)6-11/h2,5,12H,3-4,7H2,1H3. The molecule has 1 fully saturated rings. The molecule has 7 heteroatoms. The first-order valence-electron chi connectivity index (χ1n) is 5.03. The predicted molar refractivity (Wildman–Crippen MR) is 57.6 cm³/mol. The number of ether oxygens (including phenoxy) is 1. The lowest BCUT2D eigenvalue weighted by Crippen LogP contribution is -2.40. The summed E-state index contributed by atoms with van der Waals surface area (Å²) >= 11 is 0. The number of hydrogen-bond acceptors (Lipinski definition) is 5. The van der Waals surface area contributed by atoms with Crippen LogP contribution >= 0.6 is 0 Å². The summed E-state index contributed by atoms with van der Waals surface area (Å²) < 4.78 is 36.4. The van der Waals surface area contributed by atoms with Gasteiger partial charge in [0.15, 0.2) is 0 Å². The minimum Gasteiger partial charge on any atom is -0.452 e. The zero-order chi connectivity index (χ0) is 12.5. The van der Waals surface area contributed by atoms with Crippen LogP contribution in [0.5, 0.6) is 0 Å². The van der Waals surface area contributed by atoms with Crippen LogP contribution in [0.25, 0.3) is 0 Å². The van der Waals surface area contributed by atoms with Crippen LogP contribution in [0.4, 0.5) is 0 Å². The molecule has 0 bridgehead atoms. The molecule has 1 aliphatic carbocycles. The molecule has 1 saturated carbocycles. The Kier molecular flexibility index (Phi) is 2.95. The second kappa shape index (κ2) is 4.14. The molecule has 0 spiro atoms. The third-order valence-electron chi connectivity index (χ3n) is 2.65. The van der Waals surface area contributed by atoms with E-state index in [1.54, 1.807) is 6.07 Å². The van der Waals surface area contributed by atoms with E-state index in [9.17, 15) is 8.42 Å². The Morgan fingerprint density at radius 2 is 2.35 bits per heavy atom. The first kappa shape index (κ1) is 12.1. The van der Waals surface area contributed by atoms with Crippen molar-refractivity contribution in [2.24, 2.45) is 0 Å². The Morgan fingerprint density at radius 3 is 2.88 bits per heavy atom. The average molecular weight is 256 g/mol. The summed E-state index contributed by atoms with van der Waals surface area (Å²) in [6, 6.07) is 2.97. The SMILES string of the molecule is COCC1(NS(=O)(=O)c2ccoc2C#N)CC1. The van der Waals surface area contributed by atoms with Crippen molar-refractivity contribution in [2.45, 2.75) is 23.3 Å². The molecule has 0 amide bonds. The Labute approximate surface area is 99.2 Å². The van der Waals surface area contributed by atoms with Gasteiger partial charge in [0, 0.05) is 7.11 Å². The zero-order valence-corrected chi connectivity index (χ0v) is 10.1. The predicted octanol–water partition coefficient (Wildman–Crippen LogP) is 0.609. The highest BCUT2D eigenvalue weighted by Gasteiger charge is 2.46. The van der Waals surface area contributed by atoms with E-state index in [-0.39, 0.29) is 10.7 Å². The zero-order valence-electron chi connectivity index (χ0n) is 9.26. The molecular weight excluding hydrogens is 244 g/mol. The molecule has 17 heavy (non-hydrogen) atoms. The summed E-state index contributed by atoms with van der Waals surface area (Å²) in [4.78, 5) is -0.123. The highest BCUT2D eigenvalue weighted by atomic mass is 32.2. The van der Waals surface area contributed by atoms with E-state index >= 15 is 0 Å². The molecule has 6 nitrogen and oxygen atoms in total. The van der Waals surface area contributed by atoms with Gasteiger partial charge in [0.2, 0.25) is 15.8 Å². The van der Waals surface area contributed by atoms with E-state index in [4.69, 9.17) is 14.4 Å². The topological polar surface area (TPSA) is 92.3 Å². The van der Waals surface area contributed by atoms with Gasteiger partial charge in [-0.05, 0) is 18.9 Å². The van der Waals surface area contributed by atoms with E-state index in [0.717, 1.165) is 12.8 Å². The lowest BCUT2D eigenvalue weighted by atomic mass is 10.3. The van der Waals surface area contributed by atoms with Crippen molar-refractivity contribution in [1.29, 1.82) is 5.26 Å². The fourth-order valence-electron chi connectivity index (χ4n) is 1.63. The molecule has 0 aliphatic heterocycles. The van der Waals surface area contributed by atoms with Crippen molar-refractivity contribution >= 4 is 10.0 Å². The van der Waals surface area contributed by atoms with Gasteiger partial charge < -0.3 is 9.15 Å². The first-order chi connectivity index (χ1) is 8.03. The Hall–Kier alpha value is -1.36. The summed E-state index contributed by atoms with van der Waals surface area (Å²) in [6.45, 7) is 0.325. The number of sulfonamides is 1. The second-order valence-electron chi connectivity index (χ2n) is 4.04. The fourth-order valence-corrected chi connectivity index (χ4v) is 3.15. The average Bonchev–Trinajstić information content (AvgIpc) is 2.83. The van der Waals surface area contributed by atoms with Crippen molar-refractivity contribution < 1.29 is 17.6 Å². The molecular formula is C10H12N2O4S. The molecule has 0 radical (unpaired) electrons. The lowest BCUT2D eigenvalue weighted by Gasteiger charge is -2.15. The van der Waals surface area contributed by atoms with Crippen LogP contribution in [0.2, 0.25) is 0 Å². The van der Waals surface area contributed by atoms with Gasteiger partial charge in [0.1, 0.15) is 11.0 Å².